The van der Waals surface area contributed by atoms with Crippen molar-refractivity contribution in [1.29, 1.82) is 0 Å². The van der Waals surface area contributed by atoms with Crippen molar-refractivity contribution in [3.63, 3.8) is 0 Å². The van der Waals surface area contributed by atoms with Crippen LogP contribution in [0.1, 0.15) is 18.4 Å². The largest absolute Gasteiger partial charge is 0.301 e. The van der Waals surface area contributed by atoms with Gasteiger partial charge in [-0.05, 0) is 26.0 Å². The zero-order chi connectivity index (χ0) is 19.9. The molecule has 0 saturated carbocycles. The van der Waals surface area contributed by atoms with Crippen molar-refractivity contribution >= 4 is 45.9 Å². The predicted molar refractivity (Wildman–Crippen MR) is 117 cm³/mol. The van der Waals surface area contributed by atoms with Crippen LogP contribution in [-0.4, -0.2) is 30.9 Å². The first-order chi connectivity index (χ1) is 13.6. The first-order valence-corrected chi connectivity index (χ1v) is 11.4. The molecule has 0 aliphatic rings. The number of rotatable bonds is 9. The molecule has 1 unspecified atom stereocenters. The average Bonchev–Trinajstić information content (AvgIpc) is 3.27. The highest BCUT2D eigenvalue weighted by atomic mass is 32.2. The van der Waals surface area contributed by atoms with Crippen molar-refractivity contribution in [2.75, 3.05) is 5.32 Å². The number of carbonyl (C=O) groups excluding carboxylic acids is 1. The van der Waals surface area contributed by atoms with Gasteiger partial charge in [0, 0.05) is 16.8 Å². The van der Waals surface area contributed by atoms with Gasteiger partial charge >= 0.3 is 0 Å². The number of benzene rings is 1. The third-order valence-electron chi connectivity index (χ3n) is 3.72. The molecule has 3 aromatic rings. The first kappa shape index (κ1) is 20.6. The van der Waals surface area contributed by atoms with Crippen LogP contribution in [0.4, 0.5) is 5.13 Å². The average molecular weight is 432 g/mol. The summed E-state index contributed by atoms with van der Waals surface area (Å²) >= 11 is 4.51. The van der Waals surface area contributed by atoms with Crippen LogP contribution in [0.25, 0.3) is 0 Å². The molecule has 2 aromatic heterocycles. The summed E-state index contributed by atoms with van der Waals surface area (Å²) in [6.07, 6.45) is 1.81. The Hall–Kier alpha value is -2.10. The third kappa shape index (κ3) is 5.46. The number of aryl methyl sites for hydroxylation is 1. The van der Waals surface area contributed by atoms with Crippen molar-refractivity contribution < 1.29 is 4.79 Å². The van der Waals surface area contributed by atoms with Gasteiger partial charge in [0.2, 0.25) is 5.91 Å². The summed E-state index contributed by atoms with van der Waals surface area (Å²) in [5.41, 5.74) is 0.895. The summed E-state index contributed by atoms with van der Waals surface area (Å²) in [4.78, 5) is 17.9. The summed E-state index contributed by atoms with van der Waals surface area (Å²) in [5.74, 6) is 1.46. The Labute approximate surface area is 176 Å². The minimum absolute atomic E-state index is 0.104. The second-order valence-corrected chi connectivity index (χ2v) is 9.16. The number of amides is 1. The van der Waals surface area contributed by atoms with Crippen LogP contribution < -0.4 is 5.32 Å². The van der Waals surface area contributed by atoms with E-state index in [-0.39, 0.29) is 11.2 Å². The van der Waals surface area contributed by atoms with Gasteiger partial charge in [0.1, 0.15) is 5.82 Å². The minimum Gasteiger partial charge on any atom is -0.301 e. The second kappa shape index (κ2) is 9.90. The molecule has 28 heavy (non-hydrogen) atoms. The zero-order valence-corrected chi connectivity index (χ0v) is 18.1. The lowest BCUT2D eigenvalue weighted by molar-refractivity contribution is -0.115. The Balaban J connectivity index is 1.66. The van der Waals surface area contributed by atoms with Gasteiger partial charge in [-0.2, -0.15) is 0 Å². The van der Waals surface area contributed by atoms with Gasteiger partial charge in [-0.15, -0.1) is 39.9 Å². The van der Waals surface area contributed by atoms with Crippen LogP contribution >= 0.6 is 34.9 Å². The summed E-state index contributed by atoms with van der Waals surface area (Å²) < 4.78 is 2.00. The van der Waals surface area contributed by atoms with E-state index in [0.29, 0.717) is 22.6 Å². The number of hydrogen-bond donors (Lipinski definition) is 1. The van der Waals surface area contributed by atoms with Gasteiger partial charge in [-0.3, -0.25) is 4.79 Å². The summed E-state index contributed by atoms with van der Waals surface area (Å²) in [6, 6.07) is 10.2. The molecule has 2 heterocycles. The molecule has 9 heteroatoms. The van der Waals surface area contributed by atoms with E-state index in [4.69, 9.17) is 0 Å². The van der Waals surface area contributed by atoms with Gasteiger partial charge < -0.3 is 9.88 Å². The number of allylic oxidation sites excluding steroid dienone is 1. The molecule has 0 aliphatic heterocycles. The van der Waals surface area contributed by atoms with Crippen LogP contribution in [0.3, 0.4) is 0 Å². The van der Waals surface area contributed by atoms with Crippen LogP contribution in [0.15, 0.2) is 58.4 Å². The highest BCUT2D eigenvalue weighted by Gasteiger charge is 2.20. The third-order valence-corrected chi connectivity index (χ3v) is 6.68. The highest BCUT2D eigenvalue weighted by molar-refractivity contribution is 8.00. The SMILES string of the molecule is C=CCn1c(CSc2ccccc2)nnc1SC(C)C(=O)Nc1nc(C)cs1. The monoisotopic (exact) mass is 431 g/mol. The number of carbonyl (C=O) groups is 1. The van der Waals surface area contributed by atoms with Crippen molar-refractivity contribution in [1.82, 2.24) is 19.7 Å². The molecule has 0 radical (unpaired) electrons. The molecule has 1 N–H and O–H groups in total. The van der Waals surface area contributed by atoms with Crippen molar-refractivity contribution in [3.8, 4) is 0 Å². The van der Waals surface area contributed by atoms with Gasteiger partial charge in [-0.1, -0.05) is 36.0 Å². The Morgan fingerprint density at radius 1 is 1.36 bits per heavy atom. The quantitative estimate of drug-likeness (QED) is 0.393. The van der Waals surface area contributed by atoms with E-state index in [1.165, 1.54) is 28.0 Å². The Kier molecular flexibility index (Phi) is 7.30. The Bertz CT molecular complexity index is 938. The topological polar surface area (TPSA) is 72.7 Å². The molecule has 6 nitrogen and oxygen atoms in total. The maximum atomic E-state index is 12.5. The van der Waals surface area contributed by atoms with Gasteiger partial charge in [0.25, 0.3) is 0 Å². The second-order valence-electron chi connectivity index (χ2n) is 5.94. The molecule has 3 rings (SSSR count). The number of nitrogens with zero attached hydrogens (tertiary/aromatic N) is 4. The summed E-state index contributed by atoms with van der Waals surface area (Å²) in [5, 5.41) is 14.4. The fourth-order valence-corrected chi connectivity index (χ4v) is 4.75. The van der Waals surface area contributed by atoms with Crippen molar-refractivity contribution in [3.05, 3.63) is 59.9 Å². The van der Waals surface area contributed by atoms with Crippen molar-refractivity contribution in [2.45, 2.75) is 41.4 Å². The van der Waals surface area contributed by atoms with Gasteiger partial charge in [-0.25, -0.2) is 4.98 Å². The van der Waals surface area contributed by atoms with E-state index in [2.05, 4.69) is 39.2 Å². The lowest BCUT2D eigenvalue weighted by Gasteiger charge is -2.12. The fraction of sp³-hybridized carbons (Fsp3) is 0.263. The number of nitrogens with one attached hydrogen (secondary N) is 1. The molecular weight excluding hydrogens is 410 g/mol. The normalized spacial score (nSPS) is 11.9. The lowest BCUT2D eigenvalue weighted by Crippen LogP contribution is -2.23. The molecule has 146 valence electrons. The summed E-state index contributed by atoms with van der Waals surface area (Å²) in [7, 11) is 0. The number of hydrogen-bond acceptors (Lipinski definition) is 7. The van der Waals surface area contributed by atoms with Crippen molar-refractivity contribution in [2.24, 2.45) is 0 Å². The molecule has 0 spiro atoms. The van der Waals surface area contributed by atoms with E-state index < -0.39 is 0 Å². The standard InChI is InChI=1S/C19H21N5OS3/c1-4-10-24-16(12-26-15-8-6-5-7-9-15)22-23-19(24)28-14(3)17(25)21-18-20-13(2)11-27-18/h4-9,11,14H,1,10,12H2,2-3H3,(H,20,21,25). The molecule has 1 atom stereocenters. The molecule has 0 saturated heterocycles. The Morgan fingerprint density at radius 3 is 2.82 bits per heavy atom. The van der Waals surface area contributed by atoms with Crippen LogP contribution in [0.2, 0.25) is 0 Å². The highest BCUT2D eigenvalue weighted by Crippen LogP contribution is 2.27. The minimum atomic E-state index is -0.327. The summed E-state index contributed by atoms with van der Waals surface area (Å²) in [6.45, 7) is 8.18. The number of anilines is 1. The first-order valence-electron chi connectivity index (χ1n) is 8.67. The molecule has 1 amide bonds. The lowest BCUT2D eigenvalue weighted by atomic mass is 10.4. The predicted octanol–water partition coefficient (Wildman–Crippen LogP) is 4.64. The van der Waals surface area contributed by atoms with E-state index >= 15 is 0 Å². The maximum Gasteiger partial charge on any atom is 0.239 e. The van der Waals surface area contributed by atoms with Gasteiger partial charge in [0.15, 0.2) is 10.3 Å². The maximum absolute atomic E-state index is 12.5. The van der Waals surface area contributed by atoms with E-state index in [0.717, 1.165) is 11.5 Å². The van der Waals surface area contributed by atoms with E-state index in [1.54, 1.807) is 11.8 Å². The smallest absolute Gasteiger partial charge is 0.239 e. The molecular formula is C19H21N5OS3. The van der Waals surface area contributed by atoms with Crippen LogP contribution in [-0.2, 0) is 17.1 Å². The number of thiazole rings is 1. The van der Waals surface area contributed by atoms with Crippen LogP contribution in [0.5, 0.6) is 0 Å². The van der Waals surface area contributed by atoms with E-state index in [1.807, 2.05) is 48.1 Å². The zero-order valence-electron chi connectivity index (χ0n) is 15.7. The molecule has 0 aliphatic carbocycles. The van der Waals surface area contributed by atoms with Crippen LogP contribution in [0, 0.1) is 6.92 Å². The Morgan fingerprint density at radius 2 is 2.14 bits per heavy atom. The number of thioether (sulfide) groups is 2. The molecule has 0 bridgehead atoms. The van der Waals surface area contributed by atoms with Gasteiger partial charge in [0.05, 0.1) is 16.7 Å². The fourth-order valence-electron chi connectivity index (χ4n) is 2.32. The molecule has 0 fully saturated rings. The molecule has 1 aromatic carbocycles. The number of aromatic nitrogens is 4. The van der Waals surface area contributed by atoms with E-state index in [9.17, 15) is 4.79 Å².